The van der Waals surface area contributed by atoms with Gasteiger partial charge in [0.25, 0.3) is 0 Å². The maximum absolute atomic E-state index is 11.9. The standard InChI is InChI=1S/C13H13N5O/c1-9-6-11(17-16-9)15-13(19)7-10-8-18-5-3-2-4-12(18)14-10/h2-6,8H,7H2,1H3,(H2,15,16,17,19). The van der Waals surface area contributed by atoms with Crippen LogP contribution in [0.5, 0.6) is 0 Å². The Labute approximate surface area is 109 Å². The number of aromatic nitrogens is 4. The summed E-state index contributed by atoms with van der Waals surface area (Å²) in [6.07, 6.45) is 3.99. The molecule has 0 saturated carbocycles. The smallest absolute Gasteiger partial charge is 0.231 e. The van der Waals surface area contributed by atoms with Crippen LogP contribution in [0.15, 0.2) is 36.7 Å². The summed E-state index contributed by atoms with van der Waals surface area (Å²) >= 11 is 0. The van der Waals surface area contributed by atoms with Gasteiger partial charge in [-0.05, 0) is 19.1 Å². The van der Waals surface area contributed by atoms with Crippen LogP contribution in [0.1, 0.15) is 11.4 Å². The van der Waals surface area contributed by atoms with Crippen LogP contribution in [0.3, 0.4) is 0 Å². The summed E-state index contributed by atoms with van der Waals surface area (Å²) in [5, 5.41) is 9.46. The summed E-state index contributed by atoms with van der Waals surface area (Å²) in [5.74, 6) is 0.404. The van der Waals surface area contributed by atoms with E-state index in [1.54, 1.807) is 6.07 Å². The number of carbonyl (C=O) groups is 1. The minimum atomic E-state index is -0.130. The van der Waals surface area contributed by atoms with Gasteiger partial charge < -0.3 is 9.72 Å². The number of aryl methyl sites for hydroxylation is 1. The fraction of sp³-hybridized carbons (Fsp3) is 0.154. The normalized spacial score (nSPS) is 10.8. The zero-order valence-corrected chi connectivity index (χ0v) is 10.4. The van der Waals surface area contributed by atoms with Crippen molar-refractivity contribution < 1.29 is 4.79 Å². The van der Waals surface area contributed by atoms with Crippen molar-refractivity contribution in [3.63, 3.8) is 0 Å². The predicted octanol–water partition coefficient (Wildman–Crippen LogP) is 1.55. The molecule has 0 saturated heterocycles. The number of rotatable bonds is 3. The van der Waals surface area contributed by atoms with Crippen LogP contribution in [0, 0.1) is 6.92 Å². The third kappa shape index (κ3) is 2.47. The first-order valence-electron chi connectivity index (χ1n) is 5.95. The number of amides is 1. The van der Waals surface area contributed by atoms with Crippen LogP contribution in [0.25, 0.3) is 5.65 Å². The number of aromatic amines is 1. The number of carbonyl (C=O) groups excluding carboxylic acids is 1. The SMILES string of the molecule is Cc1cc(NC(=O)Cc2cn3ccccc3n2)n[nH]1. The summed E-state index contributed by atoms with van der Waals surface area (Å²) in [4.78, 5) is 16.2. The highest BCUT2D eigenvalue weighted by atomic mass is 16.1. The number of anilines is 1. The molecule has 0 unspecified atom stereocenters. The first kappa shape index (κ1) is 11.5. The molecule has 96 valence electrons. The Balaban J connectivity index is 1.72. The summed E-state index contributed by atoms with van der Waals surface area (Å²) in [6.45, 7) is 1.88. The fourth-order valence-corrected chi connectivity index (χ4v) is 1.91. The minimum Gasteiger partial charge on any atom is -0.309 e. The highest BCUT2D eigenvalue weighted by molar-refractivity contribution is 5.91. The number of pyridine rings is 1. The van der Waals surface area contributed by atoms with E-state index in [0.717, 1.165) is 17.0 Å². The number of hydrogen-bond donors (Lipinski definition) is 2. The lowest BCUT2D eigenvalue weighted by molar-refractivity contribution is -0.115. The quantitative estimate of drug-likeness (QED) is 0.745. The van der Waals surface area contributed by atoms with E-state index >= 15 is 0 Å². The Morgan fingerprint density at radius 2 is 2.37 bits per heavy atom. The van der Waals surface area contributed by atoms with Crippen LogP contribution in [-0.2, 0) is 11.2 Å². The van der Waals surface area contributed by atoms with Crippen molar-refractivity contribution >= 4 is 17.4 Å². The summed E-state index contributed by atoms with van der Waals surface area (Å²) < 4.78 is 1.89. The zero-order valence-electron chi connectivity index (χ0n) is 10.4. The Hall–Kier alpha value is -2.63. The molecular formula is C13H13N5O. The number of hydrogen-bond acceptors (Lipinski definition) is 3. The van der Waals surface area contributed by atoms with Gasteiger partial charge in [-0.2, -0.15) is 5.10 Å². The van der Waals surface area contributed by atoms with Crippen molar-refractivity contribution in [2.24, 2.45) is 0 Å². The third-order valence-corrected chi connectivity index (χ3v) is 2.73. The van der Waals surface area contributed by atoms with Crippen molar-refractivity contribution in [2.75, 3.05) is 5.32 Å². The maximum Gasteiger partial charge on any atom is 0.231 e. The molecule has 6 nitrogen and oxygen atoms in total. The van der Waals surface area contributed by atoms with Gasteiger partial charge in [-0.15, -0.1) is 0 Å². The molecule has 0 aliphatic rings. The molecule has 0 atom stereocenters. The van der Waals surface area contributed by atoms with E-state index in [-0.39, 0.29) is 12.3 Å². The molecule has 0 spiro atoms. The Kier molecular flexibility index (Phi) is 2.75. The highest BCUT2D eigenvalue weighted by Crippen LogP contribution is 2.07. The molecule has 6 heteroatoms. The van der Waals surface area contributed by atoms with E-state index in [2.05, 4.69) is 20.5 Å². The molecule has 0 aromatic carbocycles. The van der Waals surface area contributed by atoms with E-state index < -0.39 is 0 Å². The number of fused-ring (bicyclic) bond motifs is 1. The Morgan fingerprint density at radius 1 is 1.47 bits per heavy atom. The second-order valence-electron chi connectivity index (χ2n) is 4.36. The number of nitrogens with one attached hydrogen (secondary N) is 2. The molecule has 2 N–H and O–H groups in total. The second-order valence-corrected chi connectivity index (χ2v) is 4.36. The lowest BCUT2D eigenvalue weighted by Gasteiger charge is -1.98. The average Bonchev–Trinajstić information content (AvgIpc) is 2.94. The van der Waals surface area contributed by atoms with Gasteiger partial charge in [0.2, 0.25) is 5.91 Å². The van der Waals surface area contributed by atoms with Crippen molar-refractivity contribution in [1.29, 1.82) is 0 Å². The molecule has 0 radical (unpaired) electrons. The average molecular weight is 255 g/mol. The van der Waals surface area contributed by atoms with Gasteiger partial charge >= 0.3 is 0 Å². The van der Waals surface area contributed by atoms with Crippen LogP contribution >= 0.6 is 0 Å². The molecule has 0 aliphatic heterocycles. The monoisotopic (exact) mass is 255 g/mol. The predicted molar refractivity (Wildman–Crippen MR) is 70.9 cm³/mol. The summed E-state index contributed by atoms with van der Waals surface area (Å²) in [5.41, 5.74) is 2.47. The molecule has 3 rings (SSSR count). The van der Waals surface area contributed by atoms with E-state index in [4.69, 9.17) is 0 Å². The first-order chi connectivity index (χ1) is 9.20. The summed E-state index contributed by atoms with van der Waals surface area (Å²) in [6, 6.07) is 7.52. The fourth-order valence-electron chi connectivity index (χ4n) is 1.91. The van der Waals surface area contributed by atoms with Gasteiger partial charge in [0.05, 0.1) is 12.1 Å². The van der Waals surface area contributed by atoms with Gasteiger partial charge in [-0.1, -0.05) is 6.07 Å². The van der Waals surface area contributed by atoms with Gasteiger partial charge in [-0.3, -0.25) is 9.89 Å². The molecule has 0 bridgehead atoms. The van der Waals surface area contributed by atoms with Gasteiger partial charge in [0, 0.05) is 24.2 Å². The first-order valence-corrected chi connectivity index (χ1v) is 5.95. The Morgan fingerprint density at radius 3 is 3.11 bits per heavy atom. The lowest BCUT2D eigenvalue weighted by Crippen LogP contribution is -2.14. The van der Waals surface area contributed by atoms with Crippen LogP contribution in [-0.4, -0.2) is 25.5 Å². The second kappa shape index (κ2) is 4.56. The third-order valence-electron chi connectivity index (χ3n) is 2.73. The molecule has 3 heterocycles. The zero-order chi connectivity index (χ0) is 13.2. The van der Waals surface area contributed by atoms with E-state index in [1.807, 2.05) is 41.9 Å². The Bertz CT molecular complexity index is 694. The molecule has 3 aromatic rings. The van der Waals surface area contributed by atoms with Crippen molar-refractivity contribution in [2.45, 2.75) is 13.3 Å². The van der Waals surface area contributed by atoms with Crippen molar-refractivity contribution in [1.82, 2.24) is 19.6 Å². The number of imidazole rings is 1. The lowest BCUT2D eigenvalue weighted by atomic mass is 10.3. The van der Waals surface area contributed by atoms with Crippen molar-refractivity contribution in [3.8, 4) is 0 Å². The van der Waals surface area contributed by atoms with Gasteiger partial charge in [0.1, 0.15) is 5.65 Å². The molecule has 0 aliphatic carbocycles. The topological polar surface area (TPSA) is 75.1 Å². The highest BCUT2D eigenvalue weighted by Gasteiger charge is 2.09. The molecule has 0 fully saturated rings. The molecule has 3 aromatic heterocycles. The van der Waals surface area contributed by atoms with E-state index in [0.29, 0.717) is 5.82 Å². The van der Waals surface area contributed by atoms with Crippen LogP contribution in [0.2, 0.25) is 0 Å². The van der Waals surface area contributed by atoms with Crippen LogP contribution < -0.4 is 5.32 Å². The molecular weight excluding hydrogens is 242 g/mol. The number of nitrogens with zero attached hydrogens (tertiary/aromatic N) is 3. The van der Waals surface area contributed by atoms with E-state index in [1.165, 1.54) is 0 Å². The van der Waals surface area contributed by atoms with Crippen molar-refractivity contribution in [3.05, 3.63) is 48.0 Å². The maximum atomic E-state index is 11.9. The molecule has 1 amide bonds. The largest absolute Gasteiger partial charge is 0.309 e. The molecule has 19 heavy (non-hydrogen) atoms. The van der Waals surface area contributed by atoms with Gasteiger partial charge in [0.15, 0.2) is 5.82 Å². The van der Waals surface area contributed by atoms with Crippen LogP contribution in [0.4, 0.5) is 5.82 Å². The van der Waals surface area contributed by atoms with E-state index in [9.17, 15) is 4.79 Å². The minimum absolute atomic E-state index is 0.130. The number of H-pyrrole nitrogens is 1. The van der Waals surface area contributed by atoms with Gasteiger partial charge in [-0.25, -0.2) is 4.98 Å². The summed E-state index contributed by atoms with van der Waals surface area (Å²) in [7, 11) is 0.